The van der Waals surface area contributed by atoms with E-state index in [9.17, 15) is 5.11 Å². The van der Waals surface area contributed by atoms with E-state index in [2.05, 4.69) is 10.3 Å². The minimum Gasteiger partial charge on any atom is -0.397 e. The van der Waals surface area contributed by atoms with Crippen LogP contribution < -0.4 is 11.1 Å². The van der Waals surface area contributed by atoms with Gasteiger partial charge in [-0.2, -0.15) is 5.26 Å². The van der Waals surface area contributed by atoms with Crippen LogP contribution in [-0.4, -0.2) is 36.5 Å². The molecule has 0 fully saturated rings. The minimum atomic E-state index is -0.643. The predicted octanol–water partition coefficient (Wildman–Crippen LogP) is -0.0453. The normalized spacial score (nSPS) is 11.8. The van der Waals surface area contributed by atoms with Crippen molar-refractivity contribution in [3.63, 3.8) is 0 Å². The fourth-order valence-corrected chi connectivity index (χ4v) is 1.17. The summed E-state index contributed by atoms with van der Waals surface area (Å²) in [6, 6.07) is 3.50. The summed E-state index contributed by atoms with van der Waals surface area (Å²) in [7, 11) is 1.51. The molecule has 6 heteroatoms. The van der Waals surface area contributed by atoms with Gasteiger partial charge in [-0.15, -0.1) is 0 Å². The number of hydrogen-bond donors (Lipinski definition) is 3. The van der Waals surface area contributed by atoms with Gasteiger partial charge in [0, 0.05) is 13.7 Å². The topological polar surface area (TPSA) is 104 Å². The van der Waals surface area contributed by atoms with Crippen molar-refractivity contribution in [3.05, 3.63) is 17.8 Å². The number of nitrogens with two attached hydrogens (primary N) is 1. The lowest BCUT2D eigenvalue weighted by Crippen LogP contribution is -2.24. The Labute approximate surface area is 93.7 Å². The molecule has 0 aromatic carbocycles. The number of aromatic nitrogens is 1. The van der Waals surface area contributed by atoms with Gasteiger partial charge in [0.2, 0.25) is 0 Å². The van der Waals surface area contributed by atoms with Crippen molar-refractivity contribution in [1.29, 1.82) is 5.26 Å². The van der Waals surface area contributed by atoms with Gasteiger partial charge in [0.1, 0.15) is 11.9 Å². The van der Waals surface area contributed by atoms with Crippen LogP contribution in [0.15, 0.2) is 12.3 Å². The van der Waals surface area contributed by atoms with Crippen LogP contribution in [-0.2, 0) is 4.74 Å². The molecule has 1 aromatic heterocycles. The molecule has 0 saturated carbocycles. The molecule has 4 N–H and O–H groups in total. The molecule has 0 aliphatic carbocycles. The molecule has 0 bridgehead atoms. The zero-order valence-electron chi connectivity index (χ0n) is 8.97. The number of methoxy groups -OCH3 is 1. The number of ether oxygens (including phenoxy) is 1. The Kier molecular flexibility index (Phi) is 4.51. The molecule has 1 unspecified atom stereocenters. The van der Waals surface area contributed by atoms with E-state index < -0.39 is 6.10 Å². The van der Waals surface area contributed by atoms with Crippen molar-refractivity contribution in [2.24, 2.45) is 0 Å². The number of hydrogen-bond acceptors (Lipinski definition) is 6. The average Bonchev–Trinajstić information content (AvgIpc) is 2.27. The molecule has 0 radical (unpaired) electrons. The van der Waals surface area contributed by atoms with Crippen molar-refractivity contribution < 1.29 is 9.84 Å². The van der Waals surface area contributed by atoms with Crippen LogP contribution in [0.5, 0.6) is 0 Å². The lowest BCUT2D eigenvalue weighted by Gasteiger charge is -2.12. The molecule has 16 heavy (non-hydrogen) atoms. The van der Waals surface area contributed by atoms with E-state index in [-0.39, 0.29) is 13.2 Å². The van der Waals surface area contributed by atoms with Crippen LogP contribution in [0.4, 0.5) is 11.5 Å². The van der Waals surface area contributed by atoms with E-state index in [1.54, 1.807) is 0 Å². The van der Waals surface area contributed by atoms with Gasteiger partial charge in [-0.1, -0.05) is 0 Å². The molecule has 0 aliphatic rings. The fourth-order valence-electron chi connectivity index (χ4n) is 1.17. The van der Waals surface area contributed by atoms with Crippen molar-refractivity contribution in [2.75, 3.05) is 31.3 Å². The summed E-state index contributed by atoms with van der Waals surface area (Å²) in [5, 5.41) is 21.1. The quantitative estimate of drug-likeness (QED) is 0.645. The number of nitrogen functional groups attached to an aromatic ring is 1. The standard InChI is InChI=1S/C10H14N4O2/c1-16-6-9(15)5-14-10-7(3-11)2-8(12)4-13-10/h2,4,9,15H,5-6,12H2,1H3,(H,13,14). The van der Waals surface area contributed by atoms with Gasteiger partial charge in [0.15, 0.2) is 0 Å². The highest BCUT2D eigenvalue weighted by atomic mass is 16.5. The molecule has 6 nitrogen and oxygen atoms in total. The largest absolute Gasteiger partial charge is 0.397 e. The lowest BCUT2D eigenvalue weighted by atomic mass is 10.2. The van der Waals surface area contributed by atoms with Gasteiger partial charge in [-0.25, -0.2) is 4.98 Å². The van der Waals surface area contributed by atoms with Crippen molar-refractivity contribution in [3.8, 4) is 6.07 Å². The van der Waals surface area contributed by atoms with Gasteiger partial charge in [-0.3, -0.25) is 0 Å². The smallest absolute Gasteiger partial charge is 0.144 e. The first-order chi connectivity index (χ1) is 7.67. The maximum Gasteiger partial charge on any atom is 0.144 e. The SMILES string of the molecule is COCC(O)CNc1ncc(N)cc1C#N. The Balaban J connectivity index is 2.64. The Morgan fingerprint density at radius 2 is 2.50 bits per heavy atom. The van der Waals surface area contributed by atoms with Crippen LogP contribution >= 0.6 is 0 Å². The molecule has 0 saturated heterocycles. The van der Waals surface area contributed by atoms with Crippen molar-refractivity contribution in [2.45, 2.75) is 6.10 Å². The maximum absolute atomic E-state index is 9.41. The van der Waals surface area contributed by atoms with E-state index in [4.69, 9.17) is 15.7 Å². The predicted molar refractivity (Wildman–Crippen MR) is 59.7 cm³/mol. The molecule has 0 spiro atoms. The van der Waals surface area contributed by atoms with Crippen LogP contribution in [0.1, 0.15) is 5.56 Å². The number of nitriles is 1. The minimum absolute atomic E-state index is 0.226. The fraction of sp³-hybridized carbons (Fsp3) is 0.400. The summed E-state index contributed by atoms with van der Waals surface area (Å²) in [4.78, 5) is 3.97. The number of nitrogens with zero attached hydrogens (tertiary/aromatic N) is 2. The number of nitrogens with one attached hydrogen (secondary N) is 1. The zero-order valence-corrected chi connectivity index (χ0v) is 8.97. The highest BCUT2D eigenvalue weighted by molar-refractivity contribution is 5.57. The monoisotopic (exact) mass is 222 g/mol. The summed E-state index contributed by atoms with van der Waals surface area (Å²) in [5.41, 5.74) is 6.28. The van der Waals surface area contributed by atoms with Crippen LogP contribution in [0, 0.1) is 11.3 Å². The summed E-state index contributed by atoms with van der Waals surface area (Å²) in [6.07, 6.45) is 0.808. The van der Waals surface area contributed by atoms with E-state index >= 15 is 0 Å². The maximum atomic E-state index is 9.41. The molecule has 1 aromatic rings. The van der Waals surface area contributed by atoms with E-state index in [1.807, 2.05) is 6.07 Å². The molecule has 0 amide bonds. The molecular formula is C10H14N4O2. The third-order valence-electron chi connectivity index (χ3n) is 1.89. The Morgan fingerprint density at radius 1 is 1.75 bits per heavy atom. The van der Waals surface area contributed by atoms with Crippen LogP contribution in [0.2, 0.25) is 0 Å². The van der Waals surface area contributed by atoms with Crippen molar-refractivity contribution in [1.82, 2.24) is 4.98 Å². The van der Waals surface area contributed by atoms with Crippen LogP contribution in [0.3, 0.4) is 0 Å². The molecule has 0 aliphatic heterocycles. The average molecular weight is 222 g/mol. The summed E-state index contributed by atoms with van der Waals surface area (Å²) >= 11 is 0. The second-order valence-corrected chi connectivity index (χ2v) is 3.27. The number of aliphatic hydroxyl groups is 1. The zero-order chi connectivity index (χ0) is 12.0. The third kappa shape index (κ3) is 3.38. The van der Waals surface area contributed by atoms with Gasteiger partial charge < -0.3 is 20.9 Å². The Hall–Kier alpha value is -1.84. The summed E-state index contributed by atoms with van der Waals surface area (Å²) in [6.45, 7) is 0.489. The number of pyridine rings is 1. The lowest BCUT2D eigenvalue weighted by molar-refractivity contribution is 0.0727. The Morgan fingerprint density at radius 3 is 3.12 bits per heavy atom. The molecule has 1 heterocycles. The molecule has 1 rings (SSSR count). The first-order valence-corrected chi connectivity index (χ1v) is 4.74. The molecule has 86 valence electrons. The van der Waals surface area contributed by atoms with Gasteiger partial charge in [0.25, 0.3) is 0 Å². The third-order valence-corrected chi connectivity index (χ3v) is 1.89. The number of anilines is 2. The van der Waals surface area contributed by atoms with Gasteiger partial charge in [-0.05, 0) is 6.07 Å². The van der Waals surface area contributed by atoms with Crippen molar-refractivity contribution >= 4 is 11.5 Å². The summed E-state index contributed by atoms with van der Waals surface area (Å²) in [5.74, 6) is 0.409. The van der Waals surface area contributed by atoms with Gasteiger partial charge in [0.05, 0.1) is 30.2 Å². The summed E-state index contributed by atoms with van der Waals surface area (Å²) < 4.78 is 4.77. The Bertz CT molecular complexity index is 389. The first-order valence-electron chi connectivity index (χ1n) is 4.74. The number of aliphatic hydroxyl groups excluding tert-OH is 1. The second-order valence-electron chi connectivity index (χ2n) is 3.27. The number of rotatable bonds is 5. The van der Waals surface area contributed by atoms with Crippen LogP contribution in [0.25, 0.3) is 0 Å². The highest BCUT2D eigenvalue weighted by Crippen LogP contribution is 2.13. The van der Waals surface area contributed by atoms with E-state index in [1.165, 1.54) is 19.4 Å². The molecule has 1 atom stereocenters. The first kappa shape index (κ1) is 12.2. The molecular weight excluding hydrogens is 208 g/mol. The highest BCUT2D eigenvalue weighted by Gasteiger charge is 2.07. The van der Waals surface area contributed by atoms with Gasteiger partial charge >= 0.3 is 0 Å². The second kappa shape index (κ2) is 5.90. The van der Waals surface area contributed by atoms with E-state index in [0.717, 1.165) is 0 Å². The van der Waals surface area contributed by atoms with E-state index in [0.29, 0.717) is 17.1 Å².